The third kappa shape index (κ3) is 2.37. The third-order valence-corrected chi connectivity index (χ3v) is 2.98. The van der Waals surface area contributed by atoms with Gasteiger partial charge in [-0.05, 0) is 13.0 Å². The SMILES string of the molecule is COc1ccccc1[C@H]1NC(=O)NC(C)=C1C(N)=O. The van der Waals surface area contributed by atoms with E-state index in [2.05, 4.69) is 10.6 Å². The molecule has 1 heterocycles. The van der Waals surface area contributed by atoms with Crippen LogP contribution >= 0.6 is 0 Å². The molecule has 0 radical (unpaired) electrons. The molecule has 1 aliphatic rings. The van der Waals surface area contributed by atoms with Crippen molar-refractivity contribution in [3.63, 3.8) is 0 Å². The van der Waals surface area contributed by atoms with Gasteiger partial charge in [-0.3, -0.25) is 4.79 Å². The normalized spacial score (nSPS) is 18.6. The van der Waals surface area contributed by atoms with E-state index in [9.17, 15) is 9.59 Å². The molecule has 0 bridgehead atoms. The highest BCUT2D eigenvalue weighted by Gasteiger charge is 2.31. The van der Waals surface area contributed by atoms with Crippen LogP contribution in [0.3, 0.4) is 0 Å². The molecule has 2 rings (SSSR count). The number of benzene rings is 1. The predicted octanol–water partition coefficient (Wildman–Crippen LogP) is 0.808. The van der Waals surface area contributed by atoms with Crippen molar-refractivity contribution in [2.24, 2.45) is 5.73 Å². The molecule has 0 saturated carbocycles. The Morgan fingerprint density at radius 1 is 1.37 bits per heavy atom. The van der Waals surface area contributed by atoms with Crippen LogP contribution in [0.25, 0.3) is 0 Å². The molecular formula is C13H15N3O3. The number of hydrogen-bond acceptors (Lipinski definition) is 3. The second kappa shape index (κ2) is 5.01. The molecule has 0 unspecified atom stereocenters. The lowest BCUT2D eigenvalue weighted by Crippen LogP contribution is -2.46. The molecule has 1 aromatic rings. The predicted molar refractivity (Wildman–Crippen MR) is 69.3 cm³/mol. The fourth-order valence-corrected chi connectivity index (χ4v) is 2.16. The smallest absolute Gasteiger partial charge is 0.319 e. The van der Waals surface area contributed by atoms with Gasteiger partial charge in [0.15, 0.2) is 0 Å². The van der Waals surface area contributed by atoms with E-state index < -0.39 is 11.9 Å². The first kappa shape index (κ1) is 12.9. The Balaban J connectivity index is 2.55. The summed E-state index contributed by atoms with van der Waals surface area (Å²) in [6.07, 6.45) is 0. The standard InChI is InChI=1S/C13H15N3O3/c1-7-10(12(14)17)11(16-13(18)15-7)8-5-3-4-6-9(8)19-2/h3-6,11H,1-2H3,(H2,14,17)(H2,15,16,18)/t11-/m1/s1. The summed E-state index contributed by atoms with van der Waals surface area (Å²) in [6, 6.07) is 6.18. The number of hydrogen-bond donors (Lipinski definition) is 3. The van der Waals surface area contributed by atoms with Crippen molar-refractivity contribution >= 4 is 11.9 Å². The molecule has 0 aromatic heterocycles. The third-order valence-electron chi connectivity index (χ3n) is 2.98. The van der Waals surface area contributed by atoms with E-state index in [0.717, 1.165) is 0 Å². The minimum absolute atomic E-state index is 0.323. The first-order chi connectivity index (χ1) is 9.04. The summed E-state index contributed by atoms with van der Waals surface area (Å²) in [4.78, 5) is 23.2. The molecule has 0 aliphatic carbocycles. The Bertz CT molecular complexity index is 566. The van der Waals surface area contributed by atoms with Crippen LogP contribution in [0.4, 0.5) is 4.79 Å². The van der Waals surface area contributed by atoms with Gasteiger partial charge < -0.3 is 21.1 Å². The molecule has 100 valence electrons. The lowest BCUT2D eigenvalue weighted by atomic mass is 9.94. The summed E-state index contributed by atoms with van der Waals surface area (Å²) in [6.45, 7) is 1.64. The molecule has 0 spiro atoms. The average Bonchev–Trinajstić information content (AvgIpc) is 2.37. The fraction of sp³-hybridized carbons (Fsp3) is 0.231. The molecule has 6 nitrogen and oxygen atoms in total. The van der Waals surface area contributed by atoms with Gasteiger partial charge in [-0.15, -0.1) is 0 Å². The number of carbonyl (C=O) groups is 2. The van der Waals surface area contributed by atoms with Crippen molar-refractivity contribution in [1.29, 1.82) is 0 Å². The lowest BCUT2D eigenvalue weighted by molar-refractivity contribution is -0.115. The summed E-state index contributed by atoms with van der Waals surface area (Å²) >= 11 is 0. The maximum Gasteiger partial charge on any atom is 0.319 e. The number of allylic oxidation sites excluding steroid dienone is 1. The minimum Gasteiger partial charge on any atom is -0.496 e. The molecule has 6 heteroatoms. The van der Waals surface area contributed by atoms with Crippen molar-refractivity contribution in [1.82, 2.24) is 10.6 Å². The number of nitrogens with two attached hydrogens (primary N) is 1. The highest BCUT2D eigenvalue weighted by Crippen LogP contribution is 2.32. The van der Waals surface area contributed by atoms with Crippen LogP contribution in [-0.4, -0.2) is 19.0 Å². The van der Waals surface area contributed by atoms with Crippen molar-refractivity contribution in [3.05, 3.63) is 41.1 Å². The van der Waals surface area contributed by atoms with Crippen LogP contribution < -0.4 is 21.1 Å². The molecule has 1 atom stereocenters. The van der Waals surface area contributed by atoms with E-state index in [1.54, 1.807) is 25.1 Å². The first-order valence-corrected chi connectivity index (χ1v) is 5.75. The van der Waals surface area contributed by atoms with Crippen LogP contribution in [0.1, 0.15) is 18.5 Å². The number of urea groups is 1. The van der Waals surface area contributed by atoms with E-state index in [1.807, 2.05) is 6.07 Å². The summed E-state index contributed by atoms with van der Waals surface area (Å²) in [5.74, 6) is 0.00200. The van der Waals surface area contributed by atoms with E-state index in [1.165, 1.54) is 7.11 Å². The van der Waals surface area contributed by atoms with Gasteiger partial charge in [0.25, 0.3) is 0 Å². The van der Waals surface area contributed by atoms with Gasteiger partial charge in [0, 0.05) is 11.3 Å². The zero-order valence-electron chi connectivity index (χ0n) is 10.7. The van der Waals surface area contributed by atoms with Crippen LogP contribution in [0.15, 0.2) is 35.5 Å². The lowest BCUT2D eigenvalue weighted by Gasteiger charge is -2.28. The van der Waals surface area contributed by atoms with Crippen LogP contribution in [0.5, 0.6) is 5.75 Å². The zero-order valence-corrected chi connectivity index (χ0v) is 10.7. The van der Waals surface area contributed by atoms with Gasteiger partial charge in [-0.2, -0.15) is 0 Å². The maximum atomic E-state index is 11.6. The van der Waals surface area contributed by atoms with Crippen LogP contribution in [0.2, 0.25) is 0 Å². The Morgan fingerprint density at radius 2 is 2.05 bits per heavy atom. The van der Waals surface area contributed by atoms with Crippen molar-refractivity contribution in [3.8, 4) is 5.75 Å². The molecule has 0 saturated heterocycles. The van der Waals surface area contributed by atoms with Gasteiger partial charge in [-0.1, -0.05) is 18.2 Å². The Labute approximate surface area is 110 Å². The summed E-state index contributed by atoms with van der Waals surface area (Å²) < 4.78 is 5.25. The average molecular weight is 261 g/mol. The van der Waals surface area contributed by atoms with Gasteiger partial charge in [0.2, 0.25) is 5.91 Å². The second-order valence-electron chi connectivity index (χ2n) is 4.18. The number of ether oxygens (including phenoxy) is 1. The largest absolute Gasteiger partial charge is 0.496 e. The van der Waals surface area contributed by atoms with Gasteiger partial charge in [-0.25, -0.2) is 4.79 Å². The number of carbonyl (C=O) groups excluding carboxylic acids is 2. The summed E-state index contributed by atoms with van der Waals surface area (Å²) in [7, 11) is 1.53. The highest BCUT2D eigenvalue weighted by molar-refractivity contribution is 5.97. The Kier molecular flexibility index (Phi) is 3.41. The van der Waals surface area contributed by atoms with E-state index in [4.69, 9.17) is 10.5 Å². The van der Waals surface area contributed by atoms with Gasteiger partial charge in [0.05, 0.1) is 18.7 Å². The maximum absolute atomic E-state index is 11.6. The van der Waals surface area contributed by atoms with Crippen LogP contribution in [0, 0.1) is 0 Å². The topological polar surface area (TPSA) is 93.4 Å². The number of rotatable bonds is 3. The molecule has 3 amide bonds. The second-order valence-corrected chi connectivity index (χ2v) is 4.18. The molecule has 0 fully saturated rings. The van der Waals surface area contributed by atoms with Crippen molar-refractivity contribution < 1.29 is 14.3 Å². The molecule has 19 heavy (non-hydrogen) atoms. The zero-order chi connectivity index (χ0) is 14.0. The number of amides is 3. The number of para-hydroxylation sites is 1. The van der Waals surface area contributed by atoms with E-state index >= 15 is 0 Å². The summed E-state index contributed by atoms with van der Waals surface area (Å²) in [5.41, 5.74) is 6.86. The van der Waals surface area contributed by atoms with Crippen molar-refractivity contribution in [2.75, 3.05) is 7.11 Å². The molecule has 1 aliphatic heterocycles. The van der Waals surface area contributed by atoms with Gasteiger partial charge in [0.1, 0.15) is 5.75 Å². The molecule has 1 aromatic carbocycles. The number of methoxy groups -OCH3 is 1. The van der Waals surface area contributed by atoms with Crippen molar-refractivity contribution in [2.45, 2.75) is 13.0 Å². The van der Waals surface area contributed by atoms with E-state index in [0.29, 0.717) is 22.6 Å². The quantitative estimate of drug-likeness (QED) is 0.751. The Morgan fingerprint density at radius 3 is 2.68 bits per heavy atom. The minimum atomic E-state index is -0.609. The monoisotopic (exact) mass is 261 g/mol. The molecule has 4 N–H and O–H groups in total. The number of nitrogens with one attached hydrogen (secondary N) is 2. The molecular weight excluding hydrogens is 246 g/mol. The highest BCUT2D eigenvalue weighted by atomic mass is 16.5. The Hall–Kier alpha value is -2.50. The first-order valence-electron chi connectivity index (χ1n) is 5.75. The number of primary amides is 1. The van der Waals surface area contributed by atoms with Crippen LogP contribution in [-0.2, 0) is 4.79 Å². The van der Waals surface area contributed by atoms with E-state index in [-0.39, 0.29) is 6.03 Å². The summed E-state index contributed by atoms with van der Waals surface area (Å²) in [5, 5.41) is 5.22. The van der Waals surface area contributed by atoms with Gasteiger partial charge >= 0.3 is 6.03 Å². The fourth-order valence-electron chi connectivity index (χ4n) is 2.16.